The van der Waals surface area contributed by atoms with E-state index < -0.39 is 11.7 Å². The smallest absolute Gasteiger partial charge is 0.366 e. The molecule has 0 spiro atoms. The molecule has 0 amide bonds. The third-order valence-corrected chi connectivity index (χ3v) is 5.15. The van der Waals surface area contributed by atoms with Crippen LogP contribution >= 0.6 is 0 Å². The molecule has 0 aromatic heterocycles. The van der Waals surface area contributed by atoms with Gasteiger partial charge in [-0.1, -0.05) is 37.6 Å². The van der Waals surface area contributed by atoms with E-state index in [4.69, 9.17) is 5.73 Å². The van der Waals surface area contributed by atoms with E-state index in [0.29, 0.717) is 25.0 Å². The quantitative estimate of drug-likeness (QED) is 0.561. The van der Waals surface area contributed by atoms with Gasteiger partial charge in [-0.15, -0.1) is 0 Å². The minimum absolute atomic E-state index is 0.369. The van der Waals surface area contributed by atoms with Crippen LogP contribution in [0.5, 0.6) is 0 Å². The summed E-state index contributed by atoms with van der Waals surface area (Å²) in [6.07, 6.45) is 0.779. The molecule has 1 atom stereocenters. The van der Waals surface area contributed by atoms with Crippen molar-refractivity contribution in [3.05, 3.63) is 58.9 Å². The Hall–Kier alpha value is -2.12. The maximum atomic E-state index is 12.6. The van der Waals surface area contributed by atoms with Crippen molar-refractivity contribution in [1.82, 2.24) is 10.2 Å². The van der Waals surface area contributed by atoms with Crippen LogP contribution < -0.4 is 11.1 Å². The Morgan fingerprint density at radius 2 is 1.97 bits per heavy atom. The summed E-state index contributed by atoms with van der Waals surface area (Å²) in [7, 11) is 0. The van der Waals surface area contributed by atoms with Crippen LogP contribution in [0, 0.1) is 0 Å². The molecule has 160 valence electrons. The van der Waals surface area contributed by atoms with Gasteiger partial charge in [0.05, 0.1) is 5.56 Å². The van der Waals surface area contributed by atoms with Gasteiger partial charge in [-0.25, -0.2) is 4.99 Å². The predicted molar refractivity (Wildman–Crippen MR) is 113 cm³/mol. The first kappa shape index (κ1) is 23.2. The molecule has 0 bridgehead atoms. The third kappa shape index (κ3) is 7.01. The molecule has 0 saturated carbocycles. The average Bonchev–Trinajstić information content (AvgIpc) is 3.05. The lowest BCUT2D eigenvalue weighted by Crippen LogP contribution is -2.35. The molecule has 0 radical (unpaired) electrons. The standard InChI is InChI=1S/C22H31F3N4/c1-4-5-21(10-11-26)29-14-16(2)19(15-29)13-28-17(3)27-12-18-6-8-20(9-7-18)22(23,24)25/h6-9,13,21,27H,3-5,10-12,14-15,26H2,1-2H3. The highest BCUT2D eigenvalue weighted by Gasteiger charge is 2.29. The van der Waals surface area contributed by atoms with Crippen LogP contribution in [0.3, 0.4) is 0 Å². The molecule has 2 rings (SSSR count). The highest BCUT2D eigenvalue weighted by molar-refractivity contribution is 5.81. The van der Waals surface area contributed by atoms with E-state index in [1.54, 1.807) is 0 Å². The molecule has 1 aromatic carbocycles. The van der Waals surface area contributed by atoms with E-state index in [9.17, 15) is 13.2 Å². The molecule has 1 heterocycles. The zero-order valence-electron chi connectivity index (χ0n) is 17.2. The number of halogens is 3. The molecule has 3 N–H and O–H groups in total. The molecule has 1 unspecified atom stereocenters. The molecular weight excluding hydrogens is 377 g/mol. The second-order valence-corrected chi connectivity index (χ2v) is 7.48. The van der Waals surface area contributed by atoms with Gasteiger partial charge in [0, 0.05) is 31.9 Å². The fourth-order valence-electron chi connectivity index (χ4n) is 3.48. The van der Waals surface area contributed by atoms with Gasteiger partial charge in [-0.2, -0.15) is 13.2 Å². The summed E-state index contributed by atoms with van der Waals surface area (Å²) in [6, 6.07) is 5.57. The number of nitrogens with two attached hydrogens (primary N) is 1. The summed E-state index contributed by atoms with van der Waals surface area (Å²) in [5.41, 5.74) is 8.33. The molecule has 0 saturated heterocycles. The molecule has 7 heteroatoms. The van der Waals surface area contributed by atoms with Crippen molar-refractivity contribution in [2.45, 2.75) is 51.9 Å². The summed E-state index contributed by atoms with van der Waals surface area (Å²) in [4.78, 5) is 6.84. The molecule has 1 aliphatic heterocycles. The van der Waals surface area contributed by atoms with Crippen LogP contribution in [0.4, 0.5) is 13.2 Å². The zero-order chi connectivity index (χ0) is 21.4. The Labute approximate surface area is 171 Å². The molecule has 4 nitrogen and oxygen atoms in total. The van der Waals surface area contributed by atoms with Crippen LogP contribution in [0.2, 0.25) is 0 Å². The largest absolute Gasteiger partial charge is 0.416 e. The maximum absolute atomic E-state index is 12.6. The van der Waals surface area contributed by atoms with Gasteiger partial charge in [0.1, 0.15) is 5.82 Å². The Morgan fingerprint density at radius 3 is 2.55 bits per heavy atom. The lowest BCUT2D eigenvalue weighted by Gasteiger charge is -2.27. The average molecular weight is 409 g/mol. The summed E-state index contributed by atoms with van der Waals surface area (Å²) in [5.74, 6) is 0.482. The number of alkyl halides is 3. The van der Waals surface area contributed by atoms with Crippen molar-refractivity contribution in [3.63, 3.8) is 0 Å². The van der Waals surface area contributed by atoms with E-state index in [1.165, 1.54) is 23.3 Å². The monoisotopic (exact) mass is 408 g/mol. The second-order valence-electron chi connectivity index (χ2n) is 7.48. The number of rotatable bonds is 10. The molecule has 0 fully saturated rings. The van der Waals surface area contributed by atoms with Crippen LogP contribution in [-0.2, 0) is 12.7 Å². The SMILES string of the molecule is C=C(N=CC1=C(C)CN(C(CCC)CCN)C1)NCc1ccc(C(F)(F)F)cc1. The van der Waals surface area contributed by atoms with Crippen molar-refractivity contribution in [2.75, 3.05) is 19.6 Å². The first-order chi connectivity index (χ1) is 13.7. The summed E-state index contributed by atoms with van der Waals surface area (Å²) in [5, 5.41) is 3.04. The number of hydrogen-bond donors (Lipinski definition) is 2. The normalized spacial score (nSPS) is 16.6. The van der Waals surface area contributed by atoms with Crippen LogP contribution in [0.25, 0.3) is 0 Å². The van der Waals surface area contributed by atoms with Gasteiger partial charge >= 0.3 is 6.18 Å². The van der Waals surface area contributed by atoms with E-state index in [1.807, 2.05) is 6.21 Å². The van der Waals surface area contributed by atoms with Gasteiger partial charge in [-0.3, -0.25) is 4.90 Å². The summed E-state index contributed by atoms with van der Waals surface area (Å²) < 4.78 is 37.8. The van der Waals surface area contributed by atoms with Gasteiger partial charge in [0.15, 0.2) is 0 Å². The van der Waals surface area contributed by atoms with Crippen molar-refractivity contribution in [2.24, 2.45) is 10.7 Å². The summed E-state index contributed by atoms with van der Waals surface area (Å²) in [6.45, 7) is 11.0. The van der Waals surface area contributed by atoms with Crippen molar-refractivity contribution < 1.29 is 13.2 Å². The first-order valence-corrected chi connectivity index (χ1v) is 10.00. The van der Waals surface area contributed by atoms with Crippen LogP contribution in [-0.4, -0.2) is 36.8 Å². The van der Waals surface area contributed by atoms with Crippen LogP contribution in [0.1, 0.15) is 44.2 Å². The third-order valence-electron chi connectivity index (χ3n) is 5.15. The Morgan fingerprint density at radius 1 is 1.28 bits per heavy atom. The number of nitrogens with zero attached hydrogens (tertiary/aromatic N) is 2. The molecule has 0 aliphatic carbocycles. The predicted octanol–water partition coefficient (Wildman–Crippen LogP) is 4.49. The second kappa shape index (κ2) is 10.6. The highest BCUT2D eigenvalue weighted by Crippen LogP contribution is 2.29. The van der Waals surface area contributed by atoms with Gasteiger partial charge in [0.2, 0.25) is 0 Å². The highest BCUT2D eigenvalue weighted by atomic mass is 19.4. The van der Waals surface area contributed by atoms with Crippen LogP contribution in [0.15, 0.2) is 52.8 Å². The van der Waals surface area contributed by atoms with Crippen molar-refractivity contribution in [1.29, 1.82) is 0 Å². The Bertz CT molecular complexity index is 729. The fraction of sp³-hybridized carbons (Fsp3) is 0.500. The molecule has 29 heavy (non-hydrogen) atoms. The van der Waals surface area contributed by atoms with Gasteiger partial charge in [0.25, 0.3) is 0 Å². The topological polar surface area (TPSA) is 53.6 Å². The zero-order valence-corrected chi connectivity index (χ0v) is 17.2. The molecule has 1 aromatic rings. The lowest BCUT2D eigenvalue weighted by atomic mass is 10.1. The number of aliphatic imine (C=N–C) groups is 1. The number of nitrogens with one attached hydrogen (secondary N) is 1. The minimum atomic E-state index is -4.32. The molecular formula is C22H31F3N4. The van der Waals surface area contributed by atoms with E-state index in [2.05, 4.69) is 35.6 Å². The van der Waals surface area contributed by atoms with E-state index in [-0.39, 0.29) is 0 Å². The number of hydrogen-bond acceptors (Lipinski definition) is 4. The Kier molecular flexibility index (Phi) is 8.46. The van der Waals surface area contributed by atoms with Gasteiger partial charge < -0.3 is 11.1 Å². The fourth-order valence-corrected chi connectivity index (χ4v) is 3.48. The van der Waals surface area contributed by atoms with Crippen molar-refractivity contribution in [3.8, 4) is 0 Å². The van der Waals surface area contributed by atoms with E-state index >= 15 is 0 Å². The van der Waals surface area contributed by atoms with E-state index in [0.717, 1.165) is 50.0 Å². The van der Waals surface area contributed by atoms with Gasteiger partial charge in [-0.05, 0) is 49.6 Å². The lowest BCUT2D eigenvalue weighted by molar-refractivity contribution is -0.137. The van der Waals surface area contributed by atoms with Crippen molar-refractivity contribution >= 4 is 6.21 Å². The maximum Gasteiger partial charge on any atom is 0.416 e. The number of benzene rings is 1. The minimum Gasteiger partial charge on any atom is -0.366 e. The summed E-state index contributed by atoms with van der Waals surface area (Å²) >= 11 is 0. The molecule has 1 aliphatic rings. The Balaban J connectivity index is 1.86. The first-order valence-electron chi connectivity index (χ1n) is 10.00.